The predicted molar refractivity (Wildman–Crippen MR) is 69.5 cm³/mol. The largest absolute Gasteiger partial charge is 0.384 e. The first-order valence-corrected chi connectivity index (χ1v) is 5.86. The van der Waals surface area contributed by atoms with Crippen LogP contribution in [0.2, 0.25) is 0 Å². The molecule has 0 saturated heterocycles. The third kappa shape index (κ3) is 1.92. The predicted octanol–water partition coefficient (Wildman–Crippen LogP) is 2.04. The van der Waals surface area contributed by atoms with Crippen LogP contribution in [0.5, 0.6) is 0 Å². The third-order valence-corrected chi connectivity index (χ3v) is 3.38. The third-order valence-electron chi connectivity index (χ3n) is 3.38. The maximum atomic E-state index is 10.7. The Balaban J connectivity index is 2.70. The molecule has 1 heterocycles. The molecule has 1 aromatic heterocycles. The van der Waals surface area contributed by atoms with Crippen molar-refractivity contribution in [1.82, 2.24) is 4.98 Å². The summed E-state index contributed by atoms with van der Waals surface area (Å²) in [5.41, 5.74) is 6.51. The van der Waals surface area contributed by atoms with E-state index in [2.05, 4.69) is 4.98 Å². The van der Waals surface area contributed by atoms with Gasteiger partial charge in [0, 0.05) is 18.1 Å². The zero-order chi connectivity index (χ0) is 12.5. The molecule has 0 saturated carbocycles. The van der Waals surface area contributed by atoms with Crippen molar-refractivity contribution in [2.45, 2.75) is 19.4 Å². The number of pyridine rings is 1. The molecular weight excluding hydrogens is 212 g/mol. The average Bonchev–Trinajstić information content (AvgIpc) is 2.37. The van der Waals surface area contributed by atoms with E-state index in [9.17, 15) is 5.11 Å². The second kappa shape index (κ2) is 4.43. The SMILES string of the molecule is CC(C)C(O)(CN)c1cccc2ncccc12. The summed E-state index contributed by atoms with van der Waals surface area (Å²) in [6.07, 6.45) is 1.75. The summed E-state index contributed by atoms with van der Waals surface area (Å²) in [7, 11) is 0. The summed E-state index contributed by atoms with van der Waals surface area (Å²) in [6.45, 7) is 4.16. The summed E-state index contributed by atoms with van der Waals surface area (Å²) < 4.78 is 0. The minimum atomic E-state index is -0.997. The number of aliphatic hydroxyl groups is 1. The van der Waals surface area contributed by atoms with Crippen LogP contribution in [0, 0.1) is 5.92 Å². The van der Waals surface area contributed by atoms with Crippen LogP contribution in [0.3, 0.4) is 0 Å². The molecule has 90 valence electrons. The van der Waals surface area contributed by atoms with Crippen LogP contribution >= 0.6 is 0 Å². The number of aromatic nitrogens is 1. The van der Waals surface area contributed by atoms with Crippen LogP contribution < -0.4 is 5.73 Å². The van der Waals surface area contributed by atoms with Gasteiger partial charge >= 0.3 is 0 Å². The van der Waals surface area contributed by atoms with E-state index in [0.29, 0.717) is 0 Å². The van der Waals surface area contributed by atoms with E-state index < -0.39 is 5.60 Å². The molecule has 0 aliphatic carbocycles. The van der Waals surface area contributed by atoms with Gasteiger partial charge in [0.25, 0.3) is 0 Å². The number of hydrogen-bond acceptors (Lipinski definition) is 3. The molecular formula is C14H18N2O. The van der Waals surface area contributed by atoms with Gasteiger partial charge in [0.05, 0.1) is 5.52 Å². The highest BCUT2D eigenvalue weighted by atomic mass is 16.3. The lowest BCUT2D eigenvalue weighted by Crippen LogP contribution is -2.40. The molecule has 1 unspecified atom stereocenters. The Labute approximate surface area is 101 Å². The van der Waals surface area contributed by atoms with E-state index in [1.807, 2.05) is 44.2 Å². The maximum absolute atomic E-state index is 10.7. The van der Waals surface area contributed by atoms with Crippen molar-refractivity contribution in [2.75, 3.05) is 6.54 Å². The molecule has 2 aromatic rings. The minimum Gasteiger partial charge on any atom is -0.384 e. The zero-order valence-electron chi connectivity index (χ0n) is 10.2. The van der Waals surface area contributed by atoms with Gasteiger partial charge in [-0.05, 0) is 23.6 Å². The number of hydrogen-bond donors (Lipinski definition) is 2. The fraction of sp³-hybridized carbons (Fsp3) is 0.357. The van der Waals surface area contributed by atoms with Crippen LogP contribution in [0.4, 0.5) is 0 Å². The Morgan fingerprint density at radius 2 is 2.06 bits per heavy atom. The fourth-order valence-corrected chi connectivity index (χ4v) is 2.14. The Kier molecular flexibility index (Phi) is 3.13. The molecule has 0 radical (unpaired) electrons. The molecule has 0 spiro atoms. The molecule has 1 atom stereocenters. The smallest absolute Gasteiger partial charge is 0.105 e. The lowest BCUT2D eigenvalue weighted by Gasteiger charge is -2.32. The van der Waals surface area contributed by atoms with Gasteiger partial charge in [-0.2, -0.15) is 0 Å². The van der Waals surface area contributed by atoms with Gasteiger partial charge in [0.15, 0.2) is 0 Å². The van der Waals surface area contributed by atoms with E-state index >= 15 is 0 Å². The zero-order valence-corrected chi connectivity index (χ0v) is 10.2. The van der Waals surface area contributed by atoms with Crippen molar-refractivity contribution in [3.63, 3.8) is 0 Å². The topological polar surface area (TPSA) is 59.1 Å². The summed E-state index contributed by atoms with van der Waals surface area (Å²) >= 11 is 0. The van der Waals surface area contributed by atoms with Crippen LogP contribution in [0.1, 0.15) is 19.4 Å². The molecule has 0 aliphatic rings. The molecule has 3 N–H and O–H groups in total. The number of nitrogens with two attached hydrogens (primary N) is 1. The summed E-state index contributed by atoms with van der Waals surface area (Å²) in [5.74, 6) is 0.0540. The first-order chi connectivity index (χ1) is 8.09. The molecule has 3 nitrogen and oxygen atoms in total. The summed E-state index contributed by atoms with van der Waals surface area (Å²) in [6, 6.07) is 9.63. The Morgan fingerprint density at radius 3 is 2.71 bits per heavy atom. The van der Waals surface area contributed by atoms with E-state index in [4.69, 9.17) is 5.73 Å². The van der Waals surface area contributed by atoms with Crippen molar-refractivity contribution in [3.8, 4) is 0 Å². The van der Waals surface area contributed by atoms with E-state index in [0.717, 1.165) is 16.5 Å². The van der Waals surface area contributed by atoms with Crippen molar-refractivity contribution >= 4 is 10.9 Å². The Bertz CT molecular complexity index is 519. The molecule has 3 heteroatoms. The van der Waals surface area contributed by atoms with Crippen LogP contribution in [0.25, 0.3) is 10.9 Å². The van der Waals surface area contributed by atoms with Crippen LogP contribution in [0.15, 0.2) is 36.5 Å². The maximum Gasteiger partial charge on any atom is 0.105 e. The first-order valence-electron chi connectivity index (χ1n) is 5.86. The summed E-state index contributed by atoms with van der Waals surface area (Å²) in [4.78, 5) is 4.30. The van der Waals surface area contributed by atoms with Crippen molar-refractivity contribution in [2.24, 2.45) is 11.7 Å². The van der Waals surface area contributed by atoms with E-state index in [-0.39, 0.29) is 12.5 Å². The minimum absolute atomic E-state index is 0.0540. The van der Waals surface area contributed by atoms with Crippen molar-refractivity contribution < 1.29 is 5.11 Å². The second-order valence-corrected chi connectivity index (χ2v) is 4.66. The molecule has 0 fully saturated rings. The molecule has 2 rings (SSSR count). The fourth-order valence-electron chi connectivity index (χ4n) is 2.14. The number of benzene rings is 1. The standard InChI is InChI=1S/C14H18N2O/c1-10(2)14(17,9-15)12-6-3-7-13-11(12)5-4-8-16-13/h3-8,10,17H,9,15H2,1-2H3. The monoisotopic (exact) mass is 230 g/mol. The van der Waals surface area contributed by atoms with Gasteiger partial charge in [-0.1, -0.05) is 32.0 Å². The first kappa shape index (κ1) is 12.0. The van der Waals surface area contributed by atoms with Gasteiger partial charge in [0.2, 0.25) is 0 Å². The molecule has 0 aliphatic heterocycles. The molecule has 0 amide bonds. The highest BCUT2D eigenvalue weighted by molar-refractivity contribution is 5.82. The quantitative estimate of drug-likeness (QED) is 0.848. The Hall–Kier alpha value is -1.45. The number of rotatable bonds is 3. The van der Waals surface area contributed by atoms with Gasteiger partial charge in [-0.15, -0.1) is 0 Å². The van der Waals surface area contributed by atoms with Gasteiger partial charge in [-0.3, -0.25) is 4.98 Å². The van der Waals surface area contributed by atoms with Crippen LogP contribution in [-0.4, -0.2) is 16.6 Å². The highest BCUT2D eigenvalue weighted by Crippen LogP contribution is 2.33. The lowest BCUT2D eigenvalue weighted by molar-refractivity contribution is 0.000269. The Morgan fingerprint density at radius 1 is 1.29 bits per heavy atom. The second-order valence-electron chi connectivity index (χ2n) is 4.66. The molecule has 0 bridgehead atoms. The summed E-state index contributed by atoms with van der Waals surface area (Å²) in [5, 5.41) is 11.7. The molecule has 1 aromatic carbocycles. The lowest BCUT2D eigenvalue weighted by atomic mass is 9.81. The normalized spacial score (nSPS) is 15.1. The molecule has 17 heavy (non-hydrogen) atoms. The van der Waals surface area contributed by atoms with Gasteiger partial charge < -0.3 is 10.8 Å². The van der Waals surface area contributed by atoms with Crippen molar-refractivity contribution in [1.29, 1.82) is 0 Å². The van der Waals surface area contributed by atoms with Gasteiger partial charge in [-0.25, -0.2) is 0 Å². The van der Waals surface area contributed by atoms with E-state index in [1.54, 1.807) is 6.20 Å². The van der Waals surface area contributed by atoms with Gasteiger partial charge in [0.1, 0.15) is 5.60 Å². The average molecular weight is 230 g/mol. The van der Waals surface area contributed by atoms with Crippen molar-refractivity contribution in [3.05, 3.63) is 42.1 Å². The van der Waals surface area contributed by atoms with E-state index in [1.165, 1.54) is 0 Å². The van der Waals surface area contributed by atoms with Crippen LogP contribution in [-0.2, 0) is 5.60 Å². The number of fused-ring (bicyclic) bond motifs is 1. The highest BCUT2D eigenvalue weighted by Gasteiger charge is 2.32. The number of nitrogens with zero attached hydrogens (tertiary/aromatic N) is 1.